The largest absolute Gasteiger partial charge is 1.00 e. The van der Waals surface area contributed by atoms with E-state index >= 15 is 0 Å². The number of hydrogen-bond donors (Lipinski definition) is 8. The van der Waals surface area contributed by atoms with E-state index < -0.39 is 142 Å². The molecule has 0 aromatic rings. The average Bonchev–Trinajstić information content (AvgIpc) is 2.94. The van der Waals surface area contributed by atoms with Crippen molar-refractivity contribution in [1.29, 1.82) is 0 Å². The SMILES string of the molecule is CO[C@H]1[C@H](O)[C@@H](NS(=O)(=O)[O-])[C@@H](O[C@H]2[C@H](O)[C@@H](OS(=O)(=O)O)[C@H](OC[C@H]3OC(O)[C@H](O)[C@@H](O)[C@@H]3O)O[C@H]2C(=O)[O-])O[C@@H]1COS(=O)(=O)[O-].[Na+].[Na+].[Na+]. The van der Waals surface area contributed by atoms with Crippen LogP contribution >= 0.6 is 0 Å². The van der Waals surface area contributed by atoms with Crippen LogP contribution < -0.4 is 98.5 Å². The van der Waals surface area contributed by atoms with Gasteiger partial charge in [0.15, 0.2) is 35.3 Å². The van der Waals surface area contributed by atoms with Gasteiger partial charge in [0, 0.05) is 7.11 Å². The topological polar surface area (TPSA) is 416 Å². The first-order valence-corrected chi connectivity index (χ1v) is 17.1. The van der Waals surface area contributed by atoms with Crippen molar-refractivity contribution in [2.45, 2.75) is 92.1 Å². The molecule has 0 saturated carbocycles. The van der Waals surface area contributed by atoms with E-state index in [0.29, 0.717) is 0 Å². The van der Waals surface area contributed by atoms with Crippen LogP contribution in [0.5, 0.6) is 0 Å². The number of carboxylic acids is 1. The second-order valence-corrected chi connectivity index (χ2v) is 13.5. The van der Waals surface area contributed by atoms with Gasteiger partial charge in [-0.2, -0.15) is 8.42 Å². The Bertz CT molecular complexity index is 1440. The minimum Gasteiger partial charge on any atom is -0.735 e. The zero-order chi connectivity index (χ0) is 36.5. The summed E-state index contributed by atoms with van der Waals surface area (Å²) in [6, 6.07) is -2.29. The summed E-state index contributed by atoms with van der Waals surface area (Å²) in [5, 5.41) is 73.1. The van der Waals surface area contributed by atoms with E-state index in [1.54, 1.807) is 0 Å². The number of rotatable bonds is 14. The Balaban J connectivity index is 0.00000833. The summed E-state index contributed by atoms with van der Waals surface area (Å²) < 4.78 is 140. The van der Waals surface area contributed by atoms with Gasteiger partial charge in [0.1, 0.15) is 67.1 Å². The number of carbonyl (C=O) groups excluding carboxylic acids is 1. The van der Waals surface area contributed by atoms with Gasteiger partial charge in [-0.3, -0.25) is 8.74 Å². The van der Waals surface area contributed by atoms with Crippen LogP contribution in [0.15, 0.2) is 0 Å². The van der Waals surface area contributed by atoms with Crippen molar-refractivity contribution in [2.24, 2.45) is 0 Å². The van der Waals surface area contributed by atoms with Crippen molar-refractivity contribution in [1.82, 2.24) is 4.72 Å². The van der Waals surface area contributed by atoms with Gasteiger partial charge in [0.2, 0.25) is 10.4 Å². The predicted molar refractivity (Wildman–Crippen MR) is 134 cm³/mol. The van der Waals surface area contributed by atoms with E-state index in [1.165, 1.54) is 4.72 Å². The van der Waals surface area contributed by atoms with E-state index in [2.05, 4.69) is 8.37 Å². The van der Waals surface area contributed by atoms with Crippen LogP contribution in [0.4, 0.5) is 0 Å². The van der Waals surface area contributed by atoms with Gasteiger partial charge in [-0.15, -0.1) is 0 Å². The number of nitrogens with one attached hydrogen (secondary N) is 1. The summed E-state index contributed by atoms with van der Waals surface area (Å²) in [6.07, 6.45) is -31.1. The number of aliphatic hydroxyl groups excluding tert-OH is 6. The summed E-state index contributed by atoms with van der Waals surface area (Å²) in [7, 11) is -15.7. The van der Waals surface area contributed by atoms with E-state index in [9.17, 15) is 79.5 Å². The van der Waals surface area contributed by atoms with Crippen molar-refractivity contribution >= 4 is 37.1 Å². The fourth-order valence-corrected chi connectivity index (χ4v) is 6.23. The Morgan fingerprint density at radius 2 is 1.33 bits per heavy atom. The standard InChI is InChI=1S/C19H33NO25S3.3Na/c1-38-12-5(3-40-47(32,33)34)42-18(6(8(12)22)20-46(29,30)31)43-13-11(25)14(45-48(35,36)37)19(44-15(13)16(26)27)39-2-4-7(21)9(23)10(24)17(28)41-4;;;/h4-15,17-25,28H,2-3H2,1H3,(H,26,27)(H,29,30,31)(H,32,33,34)(H,35,36,37);;;/q;3*+1/p-3/t4-,5-,6-,7-,8-,9+,10-,11+,12-,13+,14-,15-,17?,18-,19-;;;/m1.../s1. The van der Waals surface area contributed by atoms with Crippen LogP contribution in [0.1, 0.15) is 0 Å². The maximum absolute atomic E-state index is 12.1. The molecule has 3 saturated heterocycles. The van der Waals surface area contributed by atoms with E-state index in [0.717, 1.165) is 7.11 Å². The minimum atomic E-state index is -5.60. The van der Waals surface area contributed by atoms with Crippen LogP contribution in [-0.4, -0.2) is 188 Å². The van der Waals surface area contributed by atoms with Gasteiger partial charge < -0.3 is 78.1 Å². The molecule has 0 radical (unpaired) electrons. The fraction of sp³-hybridized carbons (Fsp3) is 0.947. The smallest absolute Gasteiger partial charge is 0.735 e. The number of methoxy groups -OCH3 is 1. The Morgan fingerprint density at radius 1 is 0.745 bits per heavy atom. The normalized spacial score (nSPS) is 39.1. The molecule has 3 fully saturated rings. The molecule has 8 N–H and O–H groups in total. The first-order valence-electron chi connectivity index (χ1n) is 13.0. The Labute approximate surface area is 355 Å². The molecular formula is C19H30NNa3O25S3. The Morgan fingerprint density at radius 3 is 1.82 bits per heavy atom. The number of carbonyl (C=O) groups is 1. The molecule has 1 unspecified atom stereocenters. The van der Waals surface area contributed by atoms with Crippen molar-refractivity contribution in [2.75, 3.05) is 20.3 Å². The molecular weight excluding hydrogens is 807 g/mol. The molecule has 51 heavy (non-hydrogen) atoms. The number of aliphatic carboxylic acids is 1. The van der Waals surface area contributed by atoms with Crippen LogP contribution in [-0.2, 0) is 72.7 Å². The molecule has 0 bridgehead atoms. The van der Waals surface area contributed by atoms with Crippen LogP contribution in [0.3, 0.4) is 0 Å². The van der Waals surface area contributed by atoms with E-state index in [4.69, 9.17) is 28.4 Å². The molecule has 0 aromatic heterocycles. The fourth-order valence-electron chi connectivity index (χ4n) is 4.86. The first kappa shape index (κ1) is 52.6. The molecule has 0 amide bonds. The van der Waals surface area contributed by atoms with Gasteiger partial charge in [-0.05, 0) is 0 Å². The Kier molecular flexibility index (Phi) is 22.1. The summed E-state index contributed by atoms with van der Waals surface area (Å²) in [4.78, 5) is 12.1. The second kappa shape index (κ2) is 21.4. The molecule has 3 aliphatic heterocycles. The van der Waals surface area contributed by atoms with Crippen molar-refractivity contribution < 1.29 is 205 Å². The van der Waals surface area contributed by atoms with E-state index in [-0.39, 0.29) is 88.7 Å². The third kappa shape index (κ3) is 14.8. The molecule has 282 valence electrons. The van der Waals surface area contributed by atoms with Crippen LogP contribution in [0, 0.1) is 0 Å². The molecule has 3 rings (SSSR count). The van der Waals surface area contributed by atoms with Crippen molar-refractivity contribution in [3.05, 3.63) is 0 Å². The van der Waals surface area contributed by atoms with Crippen molar-refractivity contribution in [3.63, 3.8) is 0 Å². The zero-order valence-corrected chi connectivity index (χ0v) is 35.2. The van der Waals surface area contributed by atoms with Gasteiger partial charge in [0.25, 0.3) is 0 Å². The minimum absolute atomic E-state index is 0. The summed E-state index contributed by atoms with van der Waals surface area (Å²) >= 11 is 0. The zero-order valence-electron chi connectivity index (χ0n) is 26.8. The predicted octanol–water partition coefficient (Wildman–Crippen LogP) is -18.8. The van der Waals surface area contributed by atoms with Gasteiger partial charge in [-0.1, -0.05) is 0 Å². The average molecular weight is 838 g/mol. The first-order chi connectivity index (χ1) is 21.9. The van der Waals surface area contributed by atoms with Gasteiger partial charge in [0.05, 0.1) is 19.2 Å². The quantitative estimate of drug-likeness (QED) is 0.0457. The molecule has 26 nitrogen and oxygen atoms in total. The summed E-state index contributed by atoms with van der Waals surface area (Å²) in [6.45, 7) is -2.30. The molecule has 0 aliphatic carbocycles. The van der Waals surface area contributed by atoms with Crippen LogP contribution in [0.25, 0.3) is 0 Å². The molecule has 3 heterocycles. The molecule has 0 spiro atoms. The van der Waals surface area contributed by atoms with Gasteiger partial charge >= 0.3 is 99.1 Å². The van der Waals surface area contributed by atoms with Crippen LogP contribution in [0.2, 0.25) is 0 Å². The maximum atomic E-state index is 12.1. The second-order valence-electron chi connectivity index (χ2n) is 10.2. The molecule has 15 atom stereocenters. The van der Waals surface area contributed by atoms with Crippen molar-refractivity contribution in [3.8, 4) is 0 Å². The Hall–Kier alpha value is 1.60. The molecule has 0 aromatic carbocycles. The molecule has 3 aliphatic rings. The summed E-state index contributed by atoms with van der Waals surface area (Å²) in [5.41, 5.74) is 0. The monoisotopic (exact) mass is 837 g/mol. The number of hydrogen-bond acceptors (Lipinski definition) is 24. The molecule has 32 heteroatoms. The van der Waals surface area contributed by atoms with Gasteiger partial charge in [-0.25, -0.2) is 25.7 Å². The third-order valence-corrected chi connectivity index (χ3v) is 8.44. The van der Waals surface area contributed by atoms with E-state index in [1.807, 2.05) is 0 Å². The summed E-state index contributed by atoms with van der Waals surface area (Å²) in [5.74, 6) is -2.29. The number of aliphatic hydroxyl groups is 6. The maximum Gasteiger partial charge on any atom is 1.00 e. The third-order valence-electron chi connectivity index (χ3n) is 6.99. The number of ether oxygens (including phenoxy) is 6. The number of carboxylic acid groups (broad SMARTS) is 1.